The molecule has 1 unspecified atom stereocenters. The monoisotopic (exact) mass is 234 g/mol. The number of hydrogen-bond acceptors (Lipinski definition) is 3. The summed E-state index contributed by atoms with van der Waals surface area (Å²) in [6, 6.07) is 8.55. The third-order valence-corrected chi connectivity index (χ3v) is 3.54. The highest BCUT2D eigenvalue weighted by atomic mass is 16.3. The Labute approximate surface area is 103 Å². The fourth-order valence-electron chi connectivity index (χ4n) is 2.72. The van der Waals surface area contributed by atoms with Crippen LogP contribution in [-0.4, -0.2) is 36.4 Å². The molecule has 1 aliphatic heterocycles. The number of aryl methyl sites for hydroxylation is 1. The molecule has 0 bridgehead atoms. The number of aliphatic hydroxyl groups excluding tert-OH is 1. The van der Waals surface area contributed by atoms with Crippen LogP contribution in [0.4, 0.5) is 5.69 Å². The van der Waals surface area contributed by atoms with Crippen LogP contribution in [0.3, 0.4) is 0 Å². The van der Waals surface area contributed by atoms with Gasteiger partial charge in [0.25, 0.3) is 0 Å². The molecule has 0 aromatic heterocycles. The Balaban J connectivity index is 2.41. The van der Waals surface area contributed by atoms with Crippen LogP contribution in [0.1, 0.15) is 19.4 Å². The average Bonchev–Trinajstić information content (AvgIpc) is 2.29. The molecule has 0 aliphatic carbocycles. The molecule has 0 saturated carbocycles. The molecule has 1 aromatic rings. The molecule has 17 heavy (non-hydrogen) atoms. The van der Waals surface area contributed by atoms with E-state index in [0.717, 1.165) is 13.1 Å². The summed E-state index contributed by atoms with van der Waals surface area (Å²) in [5.41, 5.74) is 2.52. The summed E-state index contributed by atoms with van der Waals surface area (Å²) in [5.74, 6) is 0. The van der Waals surface area contributed by atoms with Gasteiger partial charge in [0.2, 0.25) is 0 Å². The molecule has 3 nitrogen and oxygen atoms in total. The maximum atomic E-state index is 9.56. The van der Waals surface area contributed by atoms with Gasteiger partial charge in [-0.25, -0.2) is 0 Å². The molecule has 1 saturated heterocycles. The van der Waals surface area contributed by atoms with E-state index >= 15 is 0 Å². The lowest BCUT2D eigenvalue weighted by Crippen LogP contribution is -2.64. The third kappa shape index (κ3) is 2.31. The van der Waals surface area contributed by atoms with E-state index in [2.05, 4.69) is 55.3 Å². The van der Waals surface area contributed by atoms with Crippen molar-refractivity contribution in [3.63, 3.8) is 0 Å². The zero-order valence-corrected chi connectivity index (χ0v) is 10.9. The molecular formula is C14H22N2O. The van der Waals surface area contributed by atoms with Crippen molar-refractivity contribution < 1.29 is 5.11 Å². The normalized spacial score (nSPS) is 23.8. The average molecular weight is 234 g/mol. The van der Waals surface area contributed by atoms with E-state index in [4.69, 9.17) is 0 Å². The smallest absolute Gasteiger partial charge is 0.0651 e. The first-order valence-corrected chi connectivity index (χ1v) is 6.23. The fraction of sp³-hybridized carbons (Fsp3) is 0.571. The molecule has 1 aliphatic rings. The highest BCUT2D eigenvalue weighted by Gasteiger charge is 2.36. The number of aliphatic hydroxyl groups is 1. The topological polar surface area (TPSA) is 35.5 Å². The molecule has 0 amide bonds. The molecule has 2 N–H and O–H groups in total. The minimum Gasteiger partial charge on any atom is -0.394 e. The van der Waals surface area contributed by atoms with E-state index in [1.807, 2.05) is 0 Å². The van der Waals surface area contributed by atoms with Gasteiger partial charge >= 0.3 is 0 Å². The van der Waals surface area contributed by atoms with Crippen LogP contribution < -0.4 is 10.2 Å². The SMILES string of the molecule is Cc1ccccc1N1C(CO)CNCC1(C)C. The van der Waals surface area contributed by atoms with Crippen LogP contribution >= 0.6 is 0 Å². The van der Waals surface area contributed by atoms with E-state index in [0.29, 0.717) is 0 Å². The highest BCUT2D eigenvalue weighted by molar-refractivity contribution is 5.56. The largest absolute Gasteiger partial charge is 0.394 e. The minimum atomic E-state index is 0.0256. The molecule has 1 heterocycles. The van der Waals surface area contributed by atoms with Crippen molar-refractivity contribution in [3.05, 3.63) is 29.8 Å². The van der Waals surface area contributed by atoms with Gasteiger partial charge in [0.1, 0.15) is 0 Å². The predicted octanol–water partition coefficient (Wildman–Crippen LogP) is 1.54. The van der Waals surface area contributed by atoms with E-state index < -0.39 is 0 Å². The van der Waals surface area contributed by atoms with Gasteiger partial charge in [-0.15, -0.1) is 0 Å². The lowest BCUT2D eigenvalue weighted by molar-refractivity contribution is 0.212. The first-order chi connectivity index (χ1) is 8.06. The number of anilines is 1. The second-order valence-corrected chi connectivity index (χ2v) is 5.44. The van der Waals surface area contributed by atoms with Crippen molar-refractivity contribution >= 4 is 5.69 Å². The van der Waals surface area contributed by atoms with Gasteiger partial charge in [-0.2, -0.15) is 0 Å². The maximum absolute atomic E-state index is 9.56. The van der Waals surface area contributed by atoms with Gasteiger partial charge in [0, 0.05) is 24.3 Å². The zero-order valence-electron chi connectivity index (χ0n) is 10.9. The minimum absolute atomic E-state index is 0.0256. The number of benzene rings is 1. The number of rotatable bonds is 2. The Morgan fingerprint density at radius 1 is 1.41 bits per heavy atom. The molecule has 1 atom stereocenters. The number of para-hydroxylation sites is 1. The van der Waals surface area contributed by atoms with Crippen LogP contribution in [-0.2, 0) is 0 Å². The maximum Gasteiger partial charge on any atom is 0.0651 e. The summed E-state index contributed by atoms with van der Waals surface area (Å²) < 4.78 is 0. The van der Waals surface area contributed by atoms with Gasteiger partial charge in [-0.3, -0.25) is 0 Å². The molecular weight excluding hydrogens is 212 g/mol. The van der Waals surface area contributed by atoms with Crippen molar-refractivity contribution in [1.82, 2.24) is 5.32 Å². The molecule has 0 spiro atoms. The number of nitrogens with one attached hydrogen (secondary N) is 1. The standard InChI is InChI=1S/C14H22N2O/c1-11-6-4-5-7-13(11)16-12(9-17)8-15-10-14(16,2)3/h4-7,12,15,17H,8-10H2,1-3H3. The fourth-order valence-corrected chi connectivity index (χ4v) is 2.72. The molecule has 94 valence electrons. The van der Waals surface area contributed by atoms with Crippen LogP contribution in [0, 0.1) is 6.92 Å². The second-order valence-electron chi connectivity index (χ2n) is 5.44. The Hall–Kier alpha value is -1.06. The summed E-state index contributed by atoms with van der Waals surface area (Å²) in [4.78, 5) is 2.36. The Morgan fingerprint density at radius 2 is 2.12 bits per heavy atom. The lowest BCUT2D eigenvalue weighted by Gasteiger charge is -2.49. The van der Waals surface area contributed by atoms with E-state index in [-0.39, 0.29) is 18.2 Å². The molecule has 1 fully saturated rings. The Kier molecular flexibility index (Phi) is 3.40. The number of nitrogens with zero attached hydrogens (tertiary/aromatic N) is 1. The first-order valence-electron chi connectivity index (χ1n) is 6.23. The summed E-state index contributed by atoms with van der Waals surface area (Å²) >= 11 is 0. The van der Waals surface area contributed by atoms with Crippen molar-refractivity contribution in [2.24, 2.45) is 0 Å². The lowest BCUT2D eigenvalue weighted by atomic mass is 9.94. The second kappa shape index (κ2) is 4.67. The van der Waals surface area contributed by atoms with Gasteiger partial charge < -0.3 is 15.3 Å². The Bertz CT molecular complexity index is 390. The van der Waals surface area contributed by atoms with Crippen molar-refractivity contribution in [2.45, 2.75) is 32.4 Å². The molecule has 1 aromatic carbocycles. The third-order valence-electron chi connectivity index (χ3n) is 3.54. The van der Waals surface area contributed by atoms with Gasteiger partial charge in [0.05, 0.1) is 12.6 Å². The molecule has 3 heteroatoms. The van der Waals surface area contributed by atoms with Gasteiger partial charge in [-0.1, -0.05) is 18.2 Å². The van der Waals surface area contributed by atoms with Crippen LogP contribution in [0.5, 0.6) is 0 Å². The van der Waals surface area contributed by atoms with Gasteiger partial charge in [-0.05, 0) is 32.4 Å². The molecule has 0 radical (unpaired) electrons. The highest BCUT2D eigenvalue weighted by Crippen LogP contribution is 2.30. The van der Waals surface area contributed by atoms with E-state index in [1.54, 1.807) is 0 Å². The van der Waals surface area contributed by atoms with Crippen molar-refractivity contribution in [2.75, 3.05) is 24.6 Å². The van der Waals surface area contributed by atoms with Crippen molar-refractivity contribution in [3.8, 4) is 0 Å². The van der Waals surface area contributed by atoms with Crippen LogP contribution in [0.25, 0.3) is 0 Å². The van der Waals surface area contributed by atoms with Crippen LogP contribution in [0.15, 0.2) is 24.3 Å². The van der Waals surface area contributed by atoms with E-state index in [9.17, 15) is 5.11 Å². The van der Waals surface area contributed by atoms with Gasteiger partial charge in [0.15, 0.2) is 0 Å². The predicted molar refractivity (Wildman–Crippen MR) is 71.5 cm³/mol. The van der Waals surface area contributed by atoms with Crippen LogP contribution in [0.2, 0.25) is 0 Å². The Morgan fingerprint density at radius 3 is 2.76 bits per heavy atom. The summed E-state index contributed by atoms with van der Waals surface area (Å²) in [6.45, 7) is 8.53. The van der Waals surface area contributed by atoms with E-state index in [1.165, 1.54) is 11.3 Å². The number of hydrogen-bond donors (Lipinski definition) is 2. The summed E-state index contributed by atoms with van der Waals surface area (Å²) in [5, 5.41) is 13.0. The summed E-state index contributed by atoms with van der Waals surface area (Å²) in [7, 11) is 0. The number of piperazine rings is 1. The zero-order chi connectivity index (χ0) is 12.5. The quantitative estimate of drug-likeness (QED) is 0.815. The summed E-state index contributed by atoms with van der Waals surface area (Å²) in [6.07, 6.45) is 0. The van der Waals surface area contributed by atoms with Crippen molar-refractivity contribution in [1.29, 1.82) is 0 Å². The molecule has 2 rings (SSSR count). The first kappa shape index (κ1) is 12.4.